The van der Waals surface area contributed by atoms with Crippen LogP contribution in [-0.4, -0.2) is 19.0 Å². The first kappa shape index (κ1) is 15.6. The zero-order chi connectivity index (χ0) is 14.1. The lowest BCUT2D eigenvalue weighted by Gasteiger charge is -2.16. The summed E-state index contributed by atoms with van der Waals surface area (Å²) in [6.07, 6.45) is 3.13. The van der Waals surface area contributed by atoms with Crippen molar-refractivity contribution >= 4 is 5.91 Å². The van der Waals surface area contributed by atoms with E-state index in [2.05, 4.69) is 12.2 Å². The molecule has 19 heavy (non-hydrogen) atoms. The normalized spacial score (nSPS) is 12.2. The van der Waals surface area contributed by atoms with Crippen molar-refractivity contribution in [3.63, 3.8) is 0 Å². The van der Waals surface area contributed by atoms with E-state index in [1.165, 1.54) is 6.07 Å². The Morgan fingerprint density at radius 3 is 2.74 bits per heavy atom. The largest absolute Gasteiger partial charge is 0.356 e. The van der Waals surface area contributed by atoms with Crippen molar-refractivity contribution in [3.05, 3.63) is 35.6 Å². The van der Waals surface area contributed by atoms with E-state index in [0.29, 0.717) is 24.6 Å². The van der Waals surface area contributed by atoms with Crippen LogP contribution in [0.25, 0.3) is 0 Å². The van der Waals surface area contributed by atoms with E-state index in [4.69, 9.17) is 5.73 Å². The summed E-state index contributed by atoms with van der Waals surface area (Å²) >= 11 is 0. The molecule has 0 bridgehead atoms. The predicted octanol–water partition coefficient (Wildman–Crippen LogP) is 2.25. The quantitative estimate of drug-likeness (QED) is 0.758. The number of benzene rings is 1. The van der Waals surface area contributed by atoms with E-state index < -0.39 is 0 Å². The van der Waals surface area contributed by atoms with Gasteiger partial charge in [0.25, 0.3) is 0 Å². The van der Waals surface area contributed by atoms with Crippen LogP contribution in [0.2, 0.25) is 0 Å². The Hall–Kier alpha value is -1.42. The third kappa shape index (κ3) is 5.83. The highest BCUT2D eigenvalue weighted by atomic mass is 19.1. The van der Waals surface area contributed by atoms with Crippen LogP contribution in [0.4, 0.5) is 4.39 Å². The summed E-state index contributed by atoms with van der Waals surface area (Å²) in [4.78, 5) is 11.8. The number of amides is 1. The van der Waals surface area contributed by atoms with Crippen LogP contribution in [0.5, 0.6) is 0 Å². The Morgan fingerprint density at radius 2 is 2.11 bits per heavy atom. The van der Waals surface area contributed by atoms with E-state index in [0.717, 1.165) is 19.3 Å². The molecule has 106 valence electrons. The minimum atomic E-state index is -0.329. The van der Waals surface area contributed by atoms with E-state index in [9.17, 15) is 9.18 Å². The maximum absolute atomic E-state index is 13.4. The number of hydrogen-bond acceptors (Lipinski definition) is 2. The zero-order valence-corrected chi connectivity index (χ0v) is 11.5. The van der Waals surface area contributed by atoms with Crippen molar-refractivity contribution in [1.82, 2.24) is 5.32 Å². The van der Waals surface area contributed by atoms with Gasteiger partial charge >= 0.3 is 0 Å². The number of nitrogens with two attached hydrogens (primary N) is 1. The Balaban J connectivity index is 2.40. The van der Waals surface area contributed by atoms with Crippen molar-refractivity contribution in [3.8, 4) is 0 Å². The van der Waals surface area contributed by atoms with Crippen molar-refractivity contribution in [2.24, 2.45) is 11.7 Å². The molecule has 0 fully saturated rings. The van der Waals surface area contributed by atoms with Crippen LogP contribution in [0.1, 0.15) is 31.7 Å². The molecule has 0 radical (unpaired) electrons. The number of rotatable bonds is 8. The Labute approximate surface area is 114 Å². The van der Waals surface area contributed by atoms with Crippen LogP contribution in [0.15, 0.2) is 24.3 Å². The van der Waals surface area contributed by atoms with Crippen LogP contribution < -0.4 is 11.1 Å². The molecule has 0 aliphatic carbocycles. The molecular formula is C15H23FN2O. The minimum Gasteiger partial charge on any atom is -0.356 e. The summed E-state index contributed by atoms with van der Waals surface area (Å²) in [6, 6.07) is 6.37. The molecule has 1 rings (SSSR count). The van der Waals surface area contributed by atoms with Gasteiger partial charge in [-0.25, -0.2) is 4.39 Å². The summed E-state index contributed by atoms with van der Waals surface area (Å²) in [6.45, 7) is 3.37. The molecule has 0 aliphatic rings. The van der Waals surface area contributed by atoms with E-state index in [1.807, 2.05) is 0 Å². The number of carbonyl (C=O) groups excluding carboxylic acids is 1. The average Bonchev–Trinajstić information content (AvgIpc) is 2.39. The highest BCUT2D eigenvalue weighted by Crippen LogP contribution is 2.10. The first-order chi connectivity index (χ1) is 9.17. The molecule has 0 aromatic heterocycles. The summed E-state index contributed by atoms with van der Waals surface area (Å²) < 4.78 is 13.4. The fraction of sp³-hybridized carbons (Fsp3) is 0.533. The molecule has 0 spiro atoms. The van der Waals surface area contributed by atoms with Crippen molar-refractivity contribution in [2.75, 3.05) is 13.1 Å². The number of nitrogens with one attached hydrogen (secondary N) is 1. The van der Waals surface area contributed by atoms with Gasteiger partial charge in [-0.1, -0.05) is 31.5 Å². The lowest BCUT2D eigenvalue weighted by molar-refractivity contribution is -0.120. The average molecular weight is 266 g/mol. The van der Waals surface area contributed by atoms with Gasteiger partial charge in [-0.05, 0) is 36.9 Å². The molecular weight excluding hydrogens is 243 g/mol. The summed E-state index contributed by atoms with van der Waals surface area (Å²) in [5.41, 5.74) is 5.98. The maximum Gasteiger partial charge on any atom is 0.224 e. The molecule has 3 N–H and O–H groups in total. The van der Waals surface area contributed by atoms with Crippen LogP contribution in [0, 0.1) is 11.7 Å². The van der Waals surface area contributed by atoms with Crippen LogP contribution >= 0.6 is 0 Å². The van der Waals surface area contributed by atoms with Gasteiger partial charge in [0.15, 0.2) is 0 Å². The molecule has 1 amide bonds. The van der Waals surface area contributed by atoms with Gasteiger partial charge in [0.1, 0.15) is 5.82 Å². The van der Waals surface area contributed by atoms with E-state index in [-0.39, 0.29) is 18.1 Å². The number of hydrogen-bond donors (Lipinski definition) is 2. The third-order valence-corrected chi connectivity index (χ3v) is 3.17. The van der Waals surface area contributed by atoms with Gasteiger partial charge in [0.05, 0.1) is 6.42 Å². The molecule has 1 atom stereocenters. The third-order valence-electron chi connectivity index (χ3n) is 3.17. The summed E-state index contributed by atoms with van der Waals surface area (Å²) in [5, 5.41) is 2.87. The van der Waals surface area contributed by atoms with Gasteiger partial charge < -0.3 is 11.1 Å². The Kier molecular flexibility index (Phi) is 7.11. The maximum atomic E-state index is 13.4. The molecule has 0 saturated carbocycles. The number of halogens is 1. The van der Waals surface area contributed by atoms with Crippen LogP contribution in [0.3, 0.4) is 0 Å². The lowest BCUT2D eigenvalue weighted by Crippen LogP contribution is -2.31. The molecule has 0 saturated heterocycles. The molecule has 1 aromatic carbocycles. The fourth-order valence-electron chi connectivity index (χ4n) is 2.13. The van der Waals surface area contributed by atoms with Gasteiger partial charge in [0.2, 0.25) is 5.91 Å². The molecule has 3 nitrogen and oxygen atoms in total. The molecule has 0 aliphatic heterocycles. The second kappa shape index (κ2) is 8.64. The van der Waals surface area contributed by atoms with Gasteiger partial charge in [-0.15, -0.1) is 0 Å². The highest BCUT2D eigenvalue weighted by molar-refractivity contribution is 5.78. The SMILES string of the molecule is CCCC(CCN)CNC(=O)Cc1ccccc1F. The van der Waals surface area contributed by atoms with Gasteiger partial charge in [-0.3, -0.25) is 4.79 Å². The molecule has 1 aromatic rings. The molecule has 4 heteroatoms. The second-order valence-electron chi connectivity index (χ2n) is 4.80. The molecule has 0 heterocycles. The topological polar surface area (TPSA) is 55.1 Å². The monoisotopic (exact) mass is 266 g/mol. The van der Waals surface area contributed by atoms with Gasteiger partial charge in [-0.2, -0.15) is 0 Å². The summed E-state index contributed by atoms with van der Waals surface area (Å²) in [5.74, 6) is -0.0486. The van der Waals surface area contributed by atoms with E-state index >= 15 is 0 Å². The first-order valence-corrected chi connectivity index (χ1v) is 6.87. The standard InChI is InChI=1S/C15H23FN2O/c1-2-5-12(8-9-17)11-18-15(19)10-13-6-3-4-7-14(13)16/h3-4,6-7,12H,2,5,8-11,17H2,1H3,(H,18,19). The van der Waals surface area contributed by atoms with E-state index in [1.54, 1.807) is 18.2 Å². The van der Waals surface area contributed by atoms with Gasteiger partial charge in [0, 0.05) is 6.54 Å². The van der Waals surface area contributed by atoms with Crippen molar-refractivity contribution in [1.29, 1.82) is 0 Å². The van der Waals surface area contributed by atoms with Crippen molar-refractivity contribution in [2.45, 2.75) is 32.6 Å². The Bertz CT molecular complexity index is 389. The smallest absolute Gasteiger partial charge is 0.224 e. The molecule has 1 unspecified atom stereocenters. The summed E-state index contributed by atoms with van der Waals surface area (Å²) in [7, 11) is 0. The second-order valence-corrected chi connectivity index (χ2v) is 4.80. The lowest BCUT2D eigenvalue weighted by atomic mass is 10.00. The Morgan fingerprint density at radius 1 is 1.37 bits per heavy atom. The number of carbonyl (C=O) groups is 1. The van der Waals surface area contributed by atoms with Crippen LogP contribution in [-0.2, 0) is 11.2 Å². The predicted molar refractivity (Wildman–Crippen MR) is 75.2 cm³/mol. The fourth-order valence-corrected chi connectivity index (χ4v) is 2.13. The first-order valence-electron chi connectivity index (χ1n) is 6.87. The minimum absolute atomic E-state index is 0.0914. The highest BCUT2D eigenvalue weighted by Gasteiger charge is 2.11. The zero-order valence-electron chi connectivity index (χ0n) is 11.5. The van der Waals surface area contributed by atoms with Crippen molar-refractivity contribution < 1.29 is 9.18 Å².